The van der Waals surface area contributed by atoms with E-state index in [1.165, 1.54) is 62.5 Å². The van der Waals surface area contributed by atoms with Gasteiger partial charge in [0.15, 0.2) is 0 Å². The molecule has 19 heavy (non-hydrogen) atoms. The molecule has 106 valence electrons. The number of unbranched alkanes of at least 4 members (excludes halogenated alkanes) is 5. The molecule has 0 saturated heterocycles. The van der Waals surface area contributed by atoms with Crippen molar-refractivity contribution in [2.24, 2.45) is 0 Å². The van der Waals surface area contributed by atoms with E-state index in [0.29, 0.717) is 0 Å². The molecular formula is C19H30. The average molecular weight is 258 g/mol. The van der Waals surface area contributed by atoms with Crippen molar-refractivity contribution in [2.75, 3.05) is 0 Å². The molecule has 0 unspecified atom stereocenters. The molecule has 1 aromatic rings. The first-order valence-electron chi connectivity index (χ1n) is 8.05. The smallest absolute Gasteiger partial charge is 0.0244 e. The molecular weight excluding hydrogens is 228 g/mol. The lowest BCUT2D eigenvalue weighted by molar-refractivity contribution is 0.607. The first-order valence-corrected chi connectivity index (χ1v) is 8.05. The van der Waals surface area contributed by atoms with Crippen LogP contribution in [0.15, 0.2) is 36.4 Å². The summed E-state index contributed by atoms with van der Waals surface area (Å²) in [4.78, 5) is 0. The van der Waals surface area contributed by atoms with Crippen LogP contribution in [0.3, 0.4) is 0 Å². The minimum atomic E-state index is 1.16. The summed E-state index contributed by atoms with van der Waals surface area (Å²) in [6.45, 7) is 4.36. The summed E-state index contributed by atoms with van der Waals surface area (Å²) in [6.07, 6.45) is 16.3. The molecule has 0 bridgehead atoms. The second kappa shape index (κ2) is 10.8. The zero-order valence-corrected chi connectivity index (χ0v) is 12.8. The molecule has 0 aromatic heterocycles. The summed E-state index contributed by atoms with van der Waals surface area (Å²) >= 11 is 0. The van der Waals surface area contributed by atoms with Crippen LogP contribution in [0.5, 0.6) is 0 Å². The summed E-state index contributed by atoms with van der Waals surface area (Å²) in [6, 6.07) is 9.24. The van der Waals surface area contributed by atoms with E-state index in [1.807, 2.05) is 0 Å². The predicted molar refractivity (Wildman–Crippen MR) is 86.7 cm³/mol. The van der Waals surface area contributed by atoms with Crippen molar-refractivity contribution < 1.29 is 0 Å². The van der Waals surface area contributed by atoms with Gasteiger partial charge in [-0.1, -0.05) is 75.4 Å². The zero-order valence-electron chi connectivity index (χ0n) is 12.8. The van der Waals surface area contributed by atoms with Crippen LogP contribution in [0.2, 0.25) is 0 Å². The van der Waals surface area contributed by atoms with E-state index < -0.39 is 0 Å². The van der Waals surface area contributed by atoms with Gasteiger partial charge >= 0.3 is 0 Å². The Balaban J connectivity index is 2.17. The SMILES string of the molecule is C/C=C/CCc1ccc(CCCCCCCC)cc1. The highest BCUT2D eigenvalue weighted by atomic mass is 14.0. The summed E-state index contributed by atoms with van der Waals surface area (Å²) in [5.74, 6) is 0. The molecule has 0 heterocycles. The van der Waals surface area contributed by atoms with Crippen LogP contribution in [0.1, 0.15) is 69.9 Å². The van der Waals surface area contributed by atoms with Gasteiger partial charge in [-0.05, 0) is 43.7 Å². The Morgan fingerprint density at radius 1 is 0.789 bits per heavy atom. The number of aryl methyl sites for hydroxylation is 2. The highest BCUT2D eigenvalue weighted by Gasteiger charge is 1.96. The van der Waals surface area contributed by atoms with Gasteiger partial charge in [0, 0.05) is 0 Å². The van der Waals surface area contributed by atoms with E-state index in [4.69, 9.17) is 0 Å². The van der Waals surface area contributed by atoms with Crippen LogP contribution in [-0.4, -0.2) is 0 Å². The van der Waals surface area contributed by atoms with Gasteiger partial charge in [-0.3, -0.25) is 0 Å². The summed E-state index contributed by atoms with van der Waals surface area (Å²) in [5.41, 5.74) is 2.97. The van der Waals surface area contributed by atoms with Crippen LogP contribution in [0.25, 0.3) is 0 Å². The molecule has 1 rings (SSSR count). The minimum Gasteiger partial charge on any atom is -0.0917 e. The third kappa shape index (κ3) is 7.87. The second-order valence-electron chi connectivity index (χ2n) is 5.44. The normalized spacial score (nSPS) is 11.3. The van der Waals surface area contributed by atoms with Crippen LogP contribution in [0, 0.1) is 0 Å². The molecule has 0 aliphatic carbocycles. The molecule has 0 atom stereocenters. The number of benzene rings is 1. The van der Waals surface area contributed by atoms with Gasteiger partial charge < -0.3 is 0 Å². The third-order valence-electron chi connectivity index (χ3n) is 3.68. The van der Waals surface area contributed by atoms with Crippen LogP contribution < -0.4 is 0 Å². The molecule has 0 fully saturated rings. The van der Waals surface area contributed by atoms with E-state index in [-0.39, 0.29) is 0 Å². The molecule has 0 aliphatic heterocycles. The fraction of sp³-hybridized carbons (Fsp3) is 0.579. The van der Waals surface area contributed by atoms with Gasteiger partial charge in [-0.15, -0.1) is 0 Å². The van der Waals surface area contributed by atoms with E-state index in [1.54, 1.807) is 0 Å². The quantitative estimate of drug-likeness (QED) is 0.351. The second-order valence-corrected chi connectivity index (χ2v) is 5.44. The summed E-state index contributed by atoms with van der Waals surface area (Å²) in [5, 5.41) is 0. The fourth-order valence-electron chi connectivity index (χ4n) is 2.40. The molecule has 0 nitrogen and oxygen atoms in total. The Hall–Kier alpha value is -1.04. The zero-order chi connectivity index (χ0) is 13.8. The van der Waals surface area contributed by atoms with E-state index in [2.05, 4.69) is 50.3 Å². The third-order valence-corrected chi connectivity index (χ3v) is 3.68. The molecule has 0 aliphatic rings. The van der Waals surface area contributed by atoms with Crippen molar-refractivity contribution in [1.29, 1.82) is 0 Å². The summed E-state index contributed by atoms with van der Waals surface area (Å²) < 4.78 is 0. The predicted octanol–water partition coefficient (Wildman–Crippen LogP) is 6.10. The van der Waals surface area contributed by atoms with Crippen LogP contribution in [-0.2, 0) is 12.8 Å². The van der Waals surface area contributed by atoms with Crippen molar-refractivity contribution in [3.05, 3.63) is 47.5 Å². The highest BCUT2D eigenvalue weighted by molar-refractivity contribution is 5.23. The van der Waals surface area contributed by atoms with Gasteiger partial charge in [0.1, 0.15) is 0 Å². The first kappa shape index (κ1) is 16.0. The maximum Gasteiger partial charge on any atom is -0.0244 e. The molecule has 0 spiro atoms. The topological polar surface area (TPSA) is 0 Å². The first-order chi connectivity index (χ1) is 9.36. The van der Waals surface area contributed by atoms with Crippen molar-refractivity contribution >= 4 is 0 Å². The van der Waals surface area contributed by atoms with Gasteiger partial charge in [0.05, 0.1) is 0 Å². The lowest BCUT2D eigenvalue weighted by Gasteiger charge is -2.04. The highest BCUT2D eigenvalue weighted by Crippen LogP contribution is 2.12. The maximum absolute atomic E-state index is 2.32. The molecule has 0 N–H and O–H groups in total. The lowest BCUT2D eigenvalue weighted by Crippen LogP contribution is -1.88. The van der Waals surface area contributed by atoms with Crippen molar-refractivity contribution in [3.63, 3.8) is 0 Å². The Bertz CT molecular complexity index is 332. The number of hydrogen-bond donors (Lipinski definition) is 0. The molecule has 0 radical (unpaired) electrons. The van der Waals surface area contributed by atoms with Crippen LogP contribution >= 0.6 is 0 Å². The van der Waals surface area contributed by atoms with E-state index in [0.717, 1.165) is 6.42 Å². The number of allylic oxidation sites excluding steroid dienone is 2. The van der Waals surface area contributed by atoms with Gasteiger partial charge in [0.25, 0.3) is 0 Å². The Labute approximate surface area is 119 Å². The Kier molecular flexibility index (Phi) is 9.14. The van der Waals surface area contributed by atoms with Gasteiger partial charge in [0.2, 0.25) is 0 Å². The van der Waals surface area contributed by atoms with Crippen molar-refractivity contribution in [3.8, 4) is 0 Å². The number of rotatable bonds is 10. The fourth-order valence-corrected chi connectivity index (χ4v) is 2.40. The lowest BCUT2D eigenvalue weighted by atomic mass is 10.0. The maximum atomic E-state index is 2.32. The Morgan fingerprint density at radius 3 is 2.00 bits per heavy atom. The van der Waals surface area contributed by atoms with Crippen molar-refractivity contribution in [2.45, 2.75) is 71.6 Å². The number of hydrogen-bond acceptors (Lipinski definition) is 0. The van der Waals surface area contributed by atoms with E-state index in [9.17, 15) is 0 Å². The standard InChI is InChI=1S/C19H30/c1-3-5-7-8-9-11-13-19-16-14-18(15-17-19)12-10-6-4-2/h4,6,14-17H,3,5,7-13H2,1-2H3/b6-4+. The Morgan fingerprint density at radius 2 is 1.37 bits per heavy atom. The minimum absolute atomic E-state index is 1.16. The monoisotopic (exact) mass is 258 g/mol. The van der Waals surface area contributed by atoms with Crippen LogP contribution in [0.4, 0.5) is 0 Å². The largest absolute Gasteiger partial charge is 0.0917 e. The van der Waals surface area contributed by atoms with Gasteiger partial charge in [-0.2, -0.15) is 0 Å². The van der Waals surface area contributed by atoms with Gasteiger partial charge in [-0.25, -0.2) is 0 Å². The molecule has 0 amide bonds. The average Bonchev–Trinajstić information content (AvgIpc) is 2.44. The molecule has 0 heteroatoms. The van der Waals surface area contributed by atoms with Crippen molar-refractivity contribution in [1.82, 2.24) is 0 Å². The summed E-state index contributed by atoms with van der Waals surface area (Å²) in [7, 11) is 0. The molecule has 0 saturated carbocycles. The van der Waals surface area contributed by atoms with E-state index >= 15 is 0 Å². The molecule has 1 aromatic carbocycles.